The molecule has 2 N–H and O–H groups in total. The number of carbonyl (C=O) groups excluding carboxylic acids is 2. The lowest BCUT2D eigenvalue weighted by molar-refractivity contribution is -0.122. The second-order valence-electron chi connectivity index (χ2n) is 9.98. The zero-order chi connectivity index (χ0) is 28.6. The molecule has 0 bridgehead atoms. The predicted molar refractivity (Wildman–Crippen MR) is 137 cm³/mol. The highest BCUT2D eigenvalue weighted by Crippen LogP contribution is 2.29. The van der Waals surface area contributed by atoms with E-state index in [2.05, 4.69) is 25.5 Å². The van der Waals surface area contributed by atoms with Gasteiger partial charge in [-0.25, -0.2) is 18.7 Å². The van der Waals surface area contributed by atoms with Crippen molar-refractivity contribution in [3.05, 3.63) is 66.3 Å². The molecule has 0 saturated carbocycles. The van der Waals surface area contributed by atoms with Gasteiger partial charge in [-0.05, 0) is 39.0 Å². The Labute approximate surface area is 227 Å². The zero-order valence-electron chi connectivity index (χ0n) is 21.9. The van der Waals surface area contributed by atoms with Crippen LogP contribution in [0.3, 0.4) is 0 Å². The van der Waals surface area contributed by atoms with E-state index in [1.807, 2.05) is 18.7 Å². The van der Waals surface area contributed by atoms with Crippen molar-refractivity contribution in [2.45, 2.75) is 32.4 Å². The number of halogens is 2. The van der Waals surface area contributed by atoms with Gasteiger partial charge < -0.3 is 20.2 Å². The van der Waals surface area contributed by atoms with Crippen LogP contribution in [0.1, 0.15) is 31.1 Å². The van der Waals surface area contributed by atoms with Gasteiger partial charge in [-0.3, -0.25) is 14.5 Å². The van der Waals surface area contributed by atoms with E-state index in [0.29, 0.717) is 36.8 Å². The number of ether oxygens (including phenoxy) is 1. The van der Waals surface area contributed by atoms with Crippen LogP contribution in [0.5, 0.6) is 11.6 Å². The Morgan fingerprint density at radius 2 is 1.93 bits per heavy atom. The third kappa shape index (κ3) is 5.25. The smallest absolute Gasteiger partial charge is 0.255 e. The van der Waals surface area contributed by atoms with Crippen LogP contribution in [-0.2, 0) is 4.79 Å². The SMILES string of the molecule is C[C@@H](C(=O)Nc1cnc(Oc2ccc(F)cc2F)cn1)N1CCN(C(=O)c2ccn(O)c3nncc2-3)C(C)(C)C1. The molecule has 3 aliphatic heterocycles. The summed E-state index contributed by atoms with van der Waals surface area (Å²) in [5.74, 6) is -2.04. The minimum atomic E-state index is -0.881. The summed E-state index contributed by atoms with van der Waals surface area (Å²) in [6.45, 7) is 6.83. The summed E-state index contributed by atoms with van der Waals surface area (Å²) in [4.78, 5) is 38.3. The van der Waals surface area contributed by atoms with Gasteiger partial charge in [0.25, 0.3) is 5.91 Å². The number of fused-ring (bicyclic) bond motifs is 1. The number of anilines is 1. The molecule has 5 rings (SSSR count). The fourth-order valence-corrected chi connectivity index (χ4v) is 4.65. The lowest BCUT2D eigenvalue weighted by atomic mass is 9.95. The largest absolute Gasteiger partial charge is 0.434 e. The van der Waals surface area contributed by atoms with E-state index in [1.54, 1.807) is 11.8 Å². The number of nitrogens with one attached hydrogen (secondary N) is 1. The first kappa shape index (κ1) is 26.9. The molecule has 2 amide bonds. The third-order valence-electron chi connectivity index (χ3n) is 6.79. The monoisotopic (exact) mass is 552 g/mol. The average Bonchev–Trinajstić information content (AvgIpc) is 3.41. The zero-order valence-corrected chi connectivity index (χ0v) is 21.9. The highest BCUT2D eigenvalue weighted by atomic mass is 19.1. The summed E-state index contributed by atoms with van der Waals surface area (Å²) in [5.41, 5.74) is 0.204. The highest BCUT2D eigenvalue weighted by Gasteiger charge is 2.40. The van der Waals surface area contributed by atoms with Gasteiger partial charge in [-0.1, -0.05) is 0 Å². The topological polar surface area (TPSA) is 139 Å². The summed E-state index contributed by atoms with van der Waals surface area (Å²) in [6.07, 6.45) is 5.27. The fourth-order valence-electron chi connectivity index (χ4n) is 4.65. The molecule has 1 saturated heterocycles. The summed E-state index contributed by atoms with van der Waals surface area (Å²) in [6, 6.07) is 3.86. The summed E-state index contributed by atoms with van der Waals surface area (Å²) in [7, 11) is 0. The number of hydrogen-bond donors (Lipinski definition) is 2. The van der Waals surface area contributed by atoms with Gasteiger partial charge >= 0.3 is 0 Å². The Balaban J connectivity index is 1.20. The molecule has 0 spiro atoms. The van der Waals surface area contributed by atoms with Crippen LogP contribution in [0, 0.1) is 11.6 Å². The van der Waals surface area contributed by atoms with Crippen LogP contribution >= 0.6 is 0 Å². The second kappa shape index (κ2) is 10.4. The Bertz CT molecular complexity index is 1530. The van der Waals surface area contributed by atoms with E-state index in [1.165, 1.54) is 30.9 Å². The first-order valence-corrected chi connectivity index (χ1v) is 12.4. The van der Waals surface area contributed by atoms with Crippen LogP contribution < -0.4 is 10.1 Å². The van der Waals surface area contributed by atoms with Crippen molar-refractivity contribution < 1.29 is 28.3 Å². The van der Waals surface area contributed by atoms with Gasteiger partial charge in [0, 0.05) is 31.9 Å². The second-order valence-corrected chi connectivity index (χ2v) is 9.98. The van der Waals surface area contributed by atoms with Gasteiger partial charge in [-0.2, -0.15) is 9.83 Å². The van der Waals surface area contributed by atoms with Gasteiger partial charge in [0.15, 0.2) is 23.2 Å². The summed E-state index contributed by atoms with van der Waals surface area (Å²) < 4.78 is 33.0. The maximum atomic E-state index is 13.8. The van der Waals surface area contributed by atoms with E-state index in [0.717, 1.165) is 16.9 Å². The number of benzene rings is 1. The Morgan fingerprint density at radius 3 is 2.62 bits per heavy atom. The third-order valence-corrected chi connectivity index (χ3v) is 6.79. The molecule has 1 aromatic heterocycles. The van der Waals surface area contributed by atoms with Crippen LogP contribution in [0.25, 0.3) is 11.4 Å². The van der Waals surface area contributed by atoms with Crippen LogP contribution in [-0.4, -0.2) is 82.9 Å². The van der Waals surface area contributed by atoms with Crippen molar-refractivity contribution in [1.82, 2.24) is 34.7 Å². The van der Waals surface area contributed by atoms with Gasteiger partial charge in [0.1, 0.15) is 5.82 Å². The molecule has 1 fully saturated rings. The number of aromatic nitrogens is 5. The number of piperazine rings is 1. The summed E-state index contributed by atoms with van der Waals surface area (Å²) >= 11 is 0. The Hall–Kier alpha value is -4.72. The molecule has 12 nitrogen and oxygen atoms in total. The van der Waals surface area contributed by atoms with Crippen LogP contribution in [0.15, 0.2) is 49.1 Å². The maximum Gasteiger partial charge on any atom is 0.255 e. The lowest BCUT2D eigenvalue weighted by Crippen LogP contribution is -2.63. The van der Waals surface area contributed by atoms with Gasteiger partial charge in [0.05, 0.1) is 41.3 Å². The van der Waals surface area contributed by atoms with E-state index in [4.69, 9.17) is 4.74 Å². The van der Waals surface area contributed by atoms with Gasteiger partial charge in [0.2, 0.25) is 11.8 Å². The molecule has 0 aliphatic carbocycles. The van der Waals surface area contributed by atoms with Crippen molar-refractivity contribution in [2.75, 3.05) is 25.0 Å². The minimum absolute atomic E-state index is 0.0306. The number of nitrogens with zero attached hydrogens (tertiary/aromatic N) is 7. The normalized spacial score (nSPS) is 16.1. The maximum absolute atomic E-state index is 13.8. The first-order valence-electron chi connectivity index (χ1n) is 12.4. The number of pyridine rings is 1. The Morgan fingerprint density at radius 1 is 1.12 bits per heavy atom. The van der Waals surface area contributed by atoms with E-state index >= 15 is 0 Å². The molecule has 208 valence electrons. The minimum Gasteiger partial charge on any atom is -0.434 e. The molecule has 1 aromatic carbocycles. The fraction of sp³-hybridized carbons (Fsp3) is 0.308. The number of rotatable bonds is 6. The summed E-state index contributed by atoms with van der Waals surface area (Å²) in [5, 5.41) is 20.3. The molecule has 2 aromatic rings. The highest BCUT2D eigenvalue weighted by molar-refractivity contribution is 6.00. The Kier molecular flexibility index (Phi) is 7.02. The molecule has 4 heterocycles. The molecule has 14 heteroatoms. The molecule has 1 atom stereocenters. The predicted octanol–water partition coefficient (Wildman–Crippen LogP) is 3.04. The molecule has 0 unspecified atom stereocenters. The molecular weight excluding hydrogens is 526 g/mol. The first-order chi connectivity index (χ1) is 19.0. The molecule has 0 radical (unpaired) electrons. The molecular formula is C26H26F2N8O4. The molecule has 3 aliphatic rings. The van der Waals surface area contributed by atoms with E-state index in [9.17, 15) is 23.6 Å². The average molecular weight is 553 g/mol. The molecule has 40 heavy (non-hydrogen) atoms. The van der Waals surface area contributed by atoms with Crippen molar-refractivity contribution in [3.63, 3.8) is 0 Å². The van der Waals surface area contributed by atoms with Crippen molar-refractivity contribution >= 4 is 17.6 Å². The van der Waals surface area contributed by atoms with Crippen LogP contribution in [0.2, 0.25) is 0 Å². The van der Waals surface area contributed by atoms with E-state index < -0.39 is 23.2 Å². The van der Waals surface area contributed by atoms with Crippen LogP contribution in [0.4, 0.5) is 14.6 Å². The lowest BCUT2D eigenvalue weighted by Gasteiger charge is -2.48. The van der Waals surface area contributed by atoms with Gasteiger partial charge in [-0.15, -0.1) is 5.10 Å². The van der Waals surface area contributed by atoms with E-state index in [-0.39, 0.29) is 35.1 Å². The standard InChI is InChI=1S/C26H26F2N8O4/c1-15(24(37)32-21-12-30-22(13-29-21)40-20-5-4-16(27)10-19(20)28)34-8-9-35(26(2,3)14-34)25(38)17-6-7-36(39)23-18(17)11-31-33-23/h4-7,10-13,15,39H,8-9,14H2,1-3H3,(H,29,32,37)/t15-/m0/s1. The number of carbonyl (C=O) groups is 2. The quantitative estimate of drug-likeness (QED) is 0.346. The van der Waals surface area contributed by atoms with Crippen molar-refractivity contribution in [3.8, 4) is 23.0 Å². The van der Waals surface area contributed by atoms with Crippen molar-refractivity contribution in [2.24, 2.45) is 0 Å². The number of hydrogen-bond acceptors (Lipinski definition) is 9. The van der Waals surface area contributed by atoms with Crippen molar-refractivity contribution in [1.29, 1.82) is 0 Å². The number of amides is 2.